The van der Waals surface area contributed by atoms with E-state index in [9.17, 15) is 20.1 Å². The van der Waals surface area contributed by atoms with Crippen LogP contribution in [0.3, 0.4) is 0 Å². The molecule has 0 spiro atoms. The number of β-amino-alcohol motifs (C(OH)–C–C–N with tert-alkyl or cyclic N) is 1. The largest absolute Gasteiger partial charge is 0.507 e. The zero-order chi connectivity index (χ0) is 24.7. The maximum atomic E-state index is 13.0. The first kappa shape index (κ1) is 23.9. The quantitative estimate of drug-likeness (QED) is 0.526. The van der Waals surface area contributed by atoms with Crippen molar-refractivity contribution in [2.24, 2.45) is 0 Å². The molecule has 0 saturated carbocycles. The number of phenols is 2. The number of rotatable bonds is 4. The lowest BCUT2D eigenvalue weighted by atomic mass is 9.83. The summed E-state index contributed by atoms with van der Waals surface area (Å²) in [5, 5.41) is 33.6. The molecule has 186 valence electrons. The van der Waals surface area contributed by atoms with Gasteiger partial charge < -0.3 is 24.6 Å². The van der Waals surface area contributed by atoms with Gasteiger partial charge in [0.1, 0.15) is 28.2 Å². The molecular weight excluding hydrogens is 444 g/mol. The summed E-state index contributed by atoms with van der Waals surface area (Å²) in [7, 11) is 1.95. The van der Waals surface area contributed by atoms with Gasteiger partial charge in [0.05, 0.1) is 11.7 Å². The molecule has 2 fully saturated rings. The highest BCUT2D eigenvalue weighted by Gasteiger charge is 2.35. The number of benzene rings is 2. The fourth-order valence-electron chi connectivity index (χ4n) is 5.85. The van der Waals surface area contributed by atoms with Crippen molar-refractivity contribution in [2.45, 2.75) is 50.7 Å². The minimum absolute atomic E-state index is 0.0671. The standard InChI is InChI=1S/C28H34N2O5/c1-17-14-22(31)25-27(34)21(15-30-12-8-19(9-13-30)18-6-4-3-5-7-18)26(33)24(28(25)35-17)20-10-11-29(2)16-23(20)32/h3-7,14,19-20,23,32-34H,8-13,15-16H2,1-2H3/t20-,23+/m0/s1. The molecule has 3 N–H and O–H groups in total. The van der Waals surface area contributed by atoms with Gasteiger partial charge in [-0.1, -0.05) is 30.3 Å². The average molecular weight is 479 g/mol. The minimum atomic E-state index is -0.715. The smallest absolute Gasteiger partial charge is 0.196 e. The lowest BCUT2D eigenvalue weighted by Gasteiger charge is -2.35. The third-order valence-electron chi connectivity index (χ3n) is 7.78. The molecule has 3 aromatic rings. The highest BCUT2D eigenvalue weighted by atomic mass is 16.3. The molecule has 0 unspecified atom stereocenters. The van der Waals surface area contributed by atoms with Crippen LogP contribution in [0.1, 0.15) is 53.5 Å². The second kappa shape index (κ2) is 9.64. The fourth-order valence-corrected chi connectivity index (χ4v) is 5.85. The number of likely N-dealkylation sites (N-methyl/N-ethyl adjacent to an activating group) is 1. The maximum Gasteiger partial charge on any atom is 0.196 e. The molecule has 2 aromatic carbocycles. The first-order chi connectivity index (χ1) is 16.8. The zero-order valence-electron chi connectivity index (χ0n) is 20.4. The van der Waals surface area contributed by atoms with Crippen LogP contribution in [0, 0.1) is 6.92 Å². The van der Waals surface area contributed by atoms with Crippen molar-refractivity contribution >= 4 is 11.0 Å². The SMILES string of the molecule is Cc1cc(=O)c2c(O)c(CN3CCC(c4ccccc4)CC3)c(O)c([C@H]3CCN(C)C[C@H]3O)c2o1. The van der Waals surface area contributed by atoms with E-state index in [4.69, 9.17) is 4.42 Å². The highest BCUT2D eigenvalue weighted by molar-refractivity contribution is 5.90. The molecule has 0 aliphatic carbocycles. The Bertz CT molecular complexity index is 1260. The Morgan fingerprint density at radius 3 is 2.43 bits per heavy atom. The summed E-state index contributed by atoms with van der Waals surface area (Å²) >= 11 is 0. The summed E-state index contributed by atoms with van der Waals surface area (Å²) in [6, 6.07) is 11.9. The summed E-state index contributed by atoms with van der Waals surface area (Å²) < 4.78 is 5.91. The molecule has 0 bridgehead atoms. The molecule has 2 aliphatic heterocycles. The summed E-state index contributed by atoms with van der Waals surface area (Å²) in [5.74, 6) is 0.221. The van der Waals surface area contributed by atoms with Crippen molar-refractivity contribution < 1.29 is 19.7 Å². The number of aromatic hydroxyl groups is 2. The van der Waals surface area contributed by atoms with Gasteiger partial charge >= 0.3 is 0 Å². The van der Waals surface area contributed by atoms with Gasteiger partial charge in [-0.3, -0.25) is 9.69 Å². The van der Waals surface area contributed by atoms with Crippen LogP contribution in [0.15, 0.2) is 45.6 Å². The van der Waals surface area contributed by atoms with Gasteiger partial charge in [-0.2, -0.15) is 0 Å². The summed E-state index contributed by atoms with van der Waals surface area (Å²) in [5.41, 5.74) is 1.97. The topological polar surface area (TPSA) is 97.4 Å². The van der Waals surface area contributed by atoms with Crippen molar-refractivity contribution in [3.8, 4) is 11.5 Å². The predicted octanol–water partition coefficient (Wildman–Crippen LogP) is 3.67. The molecular formula is C28H34N2O5. The summed E-state index contributed by atoms with van der Waals surface area (Å²) in [4.78, 5) is 17.2. The van der Waals surface area contributed by atoms with E-state index in [1.807, 2.05) is 18.0 Å². The van der Waals surface area contributed by atoms with Gasteiger partial charge in [0.25, 0.3) is 0 Å². The number of hydrogen-bond acceptors (Lipinski definition) is 7. The number of aryl methyl sites for hydroxylation is 1. The number of aliphatic hydroxyl groups is 1. The van der Waals surface area contributed by atoms with Crippen LogP contribution in [-0.4, -0.2) is 64.5 Å². The van der Waals surface area contributed by atoms with E-state index in [-0.39, 0.29) is 33.8 Å². The lowest BCUT2D eigenvalue weighted by molar-refractivity contribution is 0.0629. The first-order valence-electron chi connectivity index (χ1n) is 12.5. The number of piperidine rings is 2. The Balaban J connectivity index is 1.51. The number of phenolic OH excluding ortho intramolecular Hbond substituents is 2. The summed E-state index contributed by atoms with van der Waals surface area (Å²) in [6.45, 7) is 4.87. The van der Waals surface area contributed by atoms with Crippen LogP contribution >= 0.6 is 0 Å². The van der Waals surface area contributed by atoms with Crippen molar-refractivity contribution in [2.75, 3.05) is 33.2 Å². The van der Waals surface area contributed by atoms with Gasteiger partial charge in [-0.15, -0.1) is 0 Å². The van der Waals surface area contributed by atoms with Gasteiger partial charge in [-0.05, 0) is 64.3 Å². The Kier molecular flexibility index (Phi) is 6.57. The third kappa shape index (κ3) is 4.56. The Morgan fingerprint density at radius 1 is 1.03 bits per heavy atom. The number of fused-ring (bicyclic) bond motifs is 1. The second-order valence-electron chi connectivity index (χ2n) is 10.2. The van der Waals surface area contributed by atoms with Gasteiger partial charge in [0, 0.05) is 30.6 Å². The van der Waals surface area contributed by atoms with Crippen molar-refractivity contribution in [3.05, 3.63) is 69.1 Å². The zero-order valence-corrected chi connectivity index (χ0v) is 20.4. The van der Waals surface area contributed by atoms with Crippen LogP contribution in [0.2, 0.25) is 0 Å². The predicted molar refractivity (Wildman–Crippen MR) is 135 cm³/mol. The third-order valence-corrected chi connectivity index (χ3v) is 7.78. The minimum Gasteiger partial charge on any atom is -0.507 e. The van der Waals surface area contributed by atoms with Gasteiger partial charge in [-0.25, -0.2) is 0 Å². The molecule has 5 rings (SSSR count). The van der Waals surface area contributed by atoms with E-state index in [1.165, 1.54) is 11.6 Å². The van der Waals surface area contributed by atoms with E-state index in [1.54, 1.807) is 6.92 Å². The summed E-state index contributed by atoms with van der Waals surface area (Å²) in [6.07, 6.45) is 1.87. The van der Waals surface area contributed by atoms with E-state index in [0.29, 0.717) is 42.3 Å². The molecule has 7 nitrogen and oxygen atoms in total. The monoisotopic (exact) mass is 478 g/mol. The van der Waals surface area contributed by atoms with Gasteiger partial charge in [0.15, 0.2) is 5.43 Å². The van der Waals surface area contributed by atoms with Crippen LogP contribution < -0.4 is 5.43 Å². The van der Waals surface area contributed by atoms with Crippen molar-refractivity contribution in [1.29, 1.82) is 0 Å². The van der Waals surface area contributed by atoms with E-state index < -0.39 is 6.10 Å². The Hall–Kier alpha value is -2.87. The molecule has 1 aromatic heterocycles. The molecule has 0 amide bonds. The first-order valence-corrected chi connectivity index (χ1v) is 12.5. The van der Waals surface area contributed by atoms with Crippen LogP contribution in [0.5, 0.6) is 11.5 Å². The molecule has 7 heteroatoms. The molecule has 2 atom stereocenters. The van der Waals surface area contributed by atoms with Crippen molar-refractivity contribution in [3.63, 3.8) is 0 Å². The van der Waals surface area contributed by atoms with E-state index in [0.717, 1.165) is 32.5 Å². The average Bonchev–Trinajstić information content (AvgIpc) is 2.83. The number of aliphatic hydroxyl groups excluding tert-OH is 1. The Morgan fingerprint density at radius 2 is 1.74 bits per heavy atom. The highest BCUT2D eigenvalue weighted by Crippen LogP contribution is 2.45. The van der Waals surface area contributed by atoms with Crippen molar-refractivity contribution in [1.82, 2.24) is 9.80 Å². The van der Waals surface area contributed by atoms with E-state index in [2.05, 4.69) is 29.2 Å². The molecule has 2 aliphatic rings. The van der Waals surface area contributed by atoms with Crippen LogP contribution in [-0.2, 0) is 6.54 Å². The number of nitrogens with zero attached hydrogens (tertiary/aromatic N) is 2. The Labute approximate surface area is 205 Å². The number of hydrogen-bond donors (Lipinski definition) is 3. The lowest BCUT2D eigenvalue weighted by Crippen LogP contribution is -2.40. The maximum absolute atomic E-state index is 13.0. The van der Waals surface area contributed by atoms with Gasteiger partial charge in [0.2, 0.25) is 0 Å². The fraction of sp³-hybridized carbons (Fsp3) is 0.464. The van der Waals surface area contributed by atoms with Crippen LogP contribution in [0.4, 0.5) is 0 Å². The molecule has 35 heavy (non-hydrogen) atoms. The normalized spacial score (nSPS) is 22.6. The second-order valence-corrected chi connectivity index (χ2v) is 10.2. The number of likely N-dealkylation sites (tertiary alicyclic amines) is 2. The van der Waals surface area contributed by atoms with Crippen LogP contribution in [0.25, 0.3) is 11.0 Å². The molecule has 2 saturated heterocycles. The molecule has 0 radical (unpaired) electrons. The molecule has 3 heterocycles. The van der Waals surface area contributed by atoms with E-state index >= 15 is 0 Å².